The van der Waals surface area contributed by atoms with Crippen LogP contribution in [0.3, 0.4) is 0 Å². The maximum absolute atomic E-state index is 10.8. The highest BCUT2D eigenvalue weighted by Crippen LogP contribution is 2.28. The van der Waals surface area contributed by atoms with Gasteiger partial charge in [0.2, 0.25) is 0 Å². The molecule has 0 bridgehead atoms. The van der Waals surface area contributed by atoms with Gasteiger partial charge in [-0.15, -0.1) is 0 Å². The van der Waals surface area contributed by atoms with Crippen LogP contribution in [0.4, 0.5) is 0 Å². The summed E-state index contributed by atoms with van der Waals surface area (Å²) in [6.45, 7) is 0.490. The van der Waals surface area contributed by atoms with Crippen LogP contribution >= 0.6 is 11.6 Å². The minimum Gasteiger partial charge on any atom is -0.489 e. The van der Waals surface area contributed by atoms with Gasteiger partial charge in [0, 0.05) is 17.7 Å². The quantitative estimate of drug-likeness (QED) is 0.555. The number of hydrogen-bond donors (Lipinski definition) is 0. The summed E-state index contributed by atoms with van der Waals surface area (Å²) < 4.78 is 11.5. The van der Waals surface area contributed by atoms with E-state index >= 15 is 0 Å². The lowest BCUT2D eigenvalue weighted by molar-refractivity contribution is 0.112. The Morgan fingerprint density at radius 3 is 2.33 bits per heavy atom. The third kappa shape index (κ3) is 4.15. The van der Waals surface area contributed by atoms with Crippen LogP contribution in [0.1, 0.15) is 15.9 Å². The van der Waals surface area contributed by atoms with Gasteiger partial charge in [-0.05, 0) is 29.8 Å². The summed E-state index contributed by atoms with van der Waals surface area (Å²) in [5.74, 6) is 1.91. The second kappa shape index (κ2) is 7.66. The van der Waals surface area contributed by atoms with Crippen LogP contribution in [0.2, 0.25) is 5.02 Å². The number of benzene rings is 3. The third-order valence-electron chi connectivity index (χ3n) is 3.39. The lowest BCUT2D eigenvalue weighted by Crippen LogP contribution is -1.95. The molecule has 0 unspecified atom stereocenters. The summed E-state index contributed by atoms with van der Waals surface area (Å²) >= 11 is 6.01. The molecule has 3 aromatic carbocycles. The second-order valence-corrected chi connectivity index (χ2v) is 5.56. The van der Waals surface area contributed by atoms with Crippen molar-refractivity contribution in [2.75, 3.05) is 0 Å². The molecule has 0 heterocycles. The summed E-state index contributed by atoms with van der Waals surface area (Å²) in [6, 6.07) is 22.3. The molecule has 0 aromatic heterocycles. The Morgan fingerprint density at radius 1 is 0.833 bits per heavy atom. The Kier molecular flexibility index (Phi) is 5.14. The topological polar surface area (TPSA) is 35.5 Å². The molecule has 120 valence electrons. The van der Waals surface area contributed by atoms with E-state index in [-0.39, 0.29) is 0 Å². The standard InChI is InChI=1S/C20H15ClO3/c21-20-12-19(10-9-16(20)13-22)24-18-8-4-7-17(11-18)23-14-15-5-2-1-3-6-15/h1-13H,14H2. The van der Waals surface area contributed by atoms with Crippen LogP contribution in [0.25, 0.3) is 0 Å². The minimum absolute atomic E-state index is 0.360. The normalized spacial score (nSPS) is 10.2. The molecule has 3 aromatic rings. The number of halogens is 1. The van der Waals surface area contributed by atoms with Crippen LogP contribution in [0.15, 0.2) is 72.8 Å². The summed E-state index contributed by atoms with van der Waals surface area (Å²) in [6.07, 6.45) is 0.712. The van der Waals surface area contributed by atoms with Gasteiger partial charge in [-0.25, -0.2) is 0 Å². The van der Waals surface area contributed by atoms with Gasteiger partial charge < -0.3 is 9.47 Å². The van der Waals surface area contributed by atoms with Gasteiger partial charge >= 0.3 is 0 Å². The molecule has 24 heavy (non-hydrogen) atoms. The highest BCUT2D eigenvalue weighted by atomic mass is 35.5. The minimum atomic E-state index is 0.360. The second-order valence-electron chi connectivity index (χ2n) is 5.15. The SMILES string of the molecule is O=Cc1ccc(Oc2cccc(OCc3ccccc3)c2)cc1Cl. The molecule has 0 radical (unpaired) electrons. The fourth-order valence-corrected chi connectivity index (χ4v) is 2.39. The Morgan fingerprint density at radius 2 is 1.58 bits per heavy atom. The van der Waals surface area contributed by atoms with E-state index in [1.807, 2.05) is 54.6 Å². The van der Waals surface area contributed by atoms with Crippen LogP contribution in [0.5, 0.6) is 17.2 Å². The van der Waals surface area contributed by atoms with E-state index < -0.39 is 0 Å². The van der Waals surface area contributed by atoms with Gasteiger partial charge in [-0.1, -0.05) is 48.0 Å². The third-order valence-corrected chi connectivity index (χ3v) is 3.72. The zero-order chi connectivity index (χ0) is 16.8. The smallest absolute Gasteiger partial charge is 0.151 e. The van der Waals surface area contributed by atoms with Crippen molar-refractivity contribution in [2.24, 2.45) is 0 Å². The molecular formula is C20H15ClO3. The zero-order valence-corrected chi connectivity index (χ0v) is 13.6. The van der Waals surface area contributed by atoms with E-state index in [0.29, 0.717) is 40.7 Å². The summed E-state index contributed by atoms with van der Waals surface area (Å²) in [7, 11) is 0. The molecule has 0 aliphatic rings. The van der Waals surface area contributed by atoms with E-state index in [4.69, 9.17) is 21.1 Å². The van der Waals surface area contributed by atoms with Crippen molar-refractivity contribution in [3.8, 4) is 17.2 Å². The zero-order valence-electron chi connectivity index (χ0n) is 12.8. The molecular weight excluding hydrogens is 324 g/mol. The molecule has 0 amide bonds. The Hall–Kier alpha value is -2.78. The van der Waals surface area contributed by atoms with Crippen LogP contribution in [0, 0.1) is 0 Å². The highest BCUT2D eigenvalue weighted by Gasteiger charge is 2.04. The molecule has 0 N–H and O–H groups in total. The van der Waals surface area contributed by atoms with Crippen LogP contribution in [-0.2, 0) is 6.61 Å². The first-order valence-corrected chi connectivity index (χ1v) is 7.82. The molecule has 0 saturated carbocycles. The number of carbonyl (C=O) groups is 1. The maximum Gasteiger partial charge on any atom is 0.151 e. The Labute approximate surface area is 145 Å². The van der Waals surface area contributed by atoms with Crippen molar-refractivity contribution in [1.29, 1.82) is 0 Å². The lowest BCUT2D eigenvalue weighted by Gasteiger charge is -2.10. The molecule has 0 fully saturated rings. The molecule has 3 rings (SSSR count). The van der Waals surface area contributed by atoms with Crippen molar-refractivity contribution in [3.05, 3.63) is 88.9 Å². The van der Waals surface area contributed by atoms with Crippen LogP contribution in [-0.4, -0.2) is 6.29 Å². The van der Waals surface area contributed by atoms with Crippen molar-refractivity contribution < 1.29 is 14.3 Å². The van der Waals surface area contributed by atoms with Crippen molar-refractivity contribution in [2.45, 2.75) is 6.61 Å². The molecule has 3 nitrogen and oxygen atoms in total. The number of carbonyl (C=O) groups excluding carboxylic acids is 1. The van der Waals surface area contributed by atoms with Gasteiger partial charge in [-0.2, -0.15) is 0 Å². The van der Waals surface area contributed by atoms with E-state index in [1.165, 1.54) is 0 Å². The first-order valence-electron chi connectivity index (χ1n) is 7.44. The largest absolute Gasteiger partial charge is 0.489 e. The highest BCUT2D eigenvalue weighted by molar-refractivity contribution is 6.33. The molecule has 0 aliphatic carbocycles. The lowest BCUT2D eigenvalue weighted by atomic mass is 10.2. The average Bonchev–Trinajstić information content (AvgIpc) is 2.61. The first kappa shape index (κ1) is 16.1. The molecule has 0 saturated heterocycles. The number of ether oxygens (including phenoxy) is 2. The first-order chi connectivity index (χ1) is 11.7. The number of rotatable bonds is 6. The van der Waals surface area contributed by atoms with E-state index in [1.54, 1.807) is 18.2 Å². The summed E-state index contributed by atoms with van der Waals surface area (Å²) in [5, 5.41) is 0.360. The monoisotopic (exact) mass is 338 g/mol. The maximum atomic E-state index is 10.8. The van der Waals surface area contributed by atoms with Gasteiger partial charge in [-0.3, -0.25) is 4.79 Å². The Balaban J connectivity index is 1.69. The van der Waals surface area contributed by atoms with E-state index in [0.717, 1.165) is 5.56 Å². The molecule has 0 aliphatic heterocycles. The summed E-state index contributed by atoms with van der Waals surface area (Å²) in [4.78, 5) is 10.8. The fourth-order valence-electron chi connectivity index (χ4n) is 2.17. The molecule has 0 atom stereocenters. The van der Waals surface area contributed by atoms with Gasteiger partial charge in [0.05, 0.1) is 5.02 Å². The van der Waals surface area contributed by atoms with E-state index in [2.05, 4.69) is 0 Å². The Bertz CT molecular complexity index is 831. The van der Waals surface area contributed by atoms with Crippen molar-refractivity contribution >= 4 is 17.9 Å². The average molecular weight is 339 g/mol. The van der Waals surface area contributed by atoms with Crippen LogP contribution < -0.4 is 9.47 Å². The number of hydrogen-bond acceptors (Lipinski definition) is 3. The number of aldehydes is 1. The molecule has 0 spiro atoms. The van der Waals surface area contributed by atoms with Gasteiger partial charge in [0.25, 0.3) is 0 Å². The van der Waals surface area contributed by atoms with Crippen molar-refractivity contribution in [3.63, 3.8) is 0 Å². The summed E-state index contributed by atoms with van der Waals surface area (Å²) in [5.41, 5.74) is 1.53. The predicted molar refractivity (Wildman–Crippen MR) is 94.1 cm³/mol. The fraction of sp³-hybridized carbons (Fsp3) is 0.0500. The predicted octanol–water partition coefficient (Wildman–Crippen LogP) is 5.52. The van der Waals surface area contributed by atoms with Gasteiger partial charge in [0.15, 0.2) is 6.29 Å². The molecule has 4 heteroatoms. The van der Waals surface area contributed by atoms with Gasteiger partial charge in [0.1, 0.15) is 23.9 Å². The van der Waals surface area contributed by atoms with E-state index in [9.17, 15) is 4.79 Å². The van der Waals surface area contributed by atoms with Crippen molar-refractivity contribution in [1.82, 2.24) is 0 Å².